The Labute approximate surface area is 208 Å². The van der Waals surface area contributed by atoms with Gasteiger partial charge in [-0.1, -0.05) is 36.4 Å². The number of carbonyl (C=O) groups is 1. The summed E-state index contributed by atoms with van der Waals surface area (Å²) in [6.45, 7) is 2.31. The maximum atomic E-state index is 14.0. The van der Waals surface area contributed by atoms with Crippen LogP contribution >= 0.6 is 0 Å². The molecule has 0 unspecified atom stereocenters. The summed E-state index contributed by atoms with van der Waals surface area (Å²) in [6, 6.07) is 15.8. The lowest BCUT2D eigenvalue weighted by Crippen LogP contribution is -2.13. The number of carbonyl (C=O) groups excluding carboxylic acids is 1. The number of benzene rings is 3. The molecule has 4 nitrogen and oxygen atoms in total. The molecule has 0 N–H and O–H groups in total. The molecule has 1 heterocycles. The van der Waals surface area contributed by atoms with Gasteiger partial charge in [-0.15, -0.1) is 0 Å². The van der Waals surface area contributed by atoms with Crippen molar-refractivity contribution < 1.29 is 32.2 Å². The topological polar surface area (TPSA) is 44.8 Å². The average Bonchev–Trinajstić information content (AvgIpc) is 3.44. The van der Waals surface area contributed by atoms with Gasteiger partial charge in [-0.3, -0.25) is 4.79 Å². The first-order chi connectivity index (χ1) is 17.2. The minimum Gasteiger partial charge on any atom is -0.492 e. The van der Waals surface area contributed by atoms with Gasteiger partial charge in [0.2, 0.25) is 0 Å². The van der Waals surface area contributed by atoms with Crippen LogP contribution in [0, 0.1) is 6.92 Å². The molecule has 7 heteroatoms. The molecule has 0 saturated carbocycles. The number of hydrogen-bond acceptors (Lipinski definition) is 4. The van der Waals surface area contributed by atoms with E-state index >= 15 is 0 Å². The zero-order chi connectivity index (χ0) is 25.4. The molecular formula is C29H27F3O4. The van der Waals surface area contributed by atoms with Crippen LogP contribution < -0.4 is 9.47 Å². The highest BCUT2D eigenvalue weighted by molar-refractivity contribution is 5.71. The van der Waals surface area contributed by atoms with Gasteiger partial charge in [-0.25, -0.2) is 0 Å². The van der Waals surface area contributed by atoms with Crippen molar-refractivity contribution in [3.63, 3.8) is 0 Å². The van der Waals surface area contributed by atoms with Crippen molar-refractivity contribution in [1.82, 2.24) is 0 Å². The van der Waals surface area contributed by atoms with Crippen LogP contribution in [0.1, 0.15) is 63.8 Å². The molecule has 0 saturated heterocycles. The Hall–Kier alpha value is -3.48. The van der Waals surface area contributed by atoms with E-state index in [-0.39, 0.29) is 30.8 Å². The van der Waals surface area contributed by atoms with Crippen molar-refractivity contribution in [3.8, 4) is 11.5 Å². The van der Waals surface area contributed by atoms with E-state index in [9.17, 15) is 18.0 Å². The minimum atomic E-state index is -4.43. The molecule has 0 radical (unpaired) electrons. The van der Waals surface area contributed by atoms with Crippen molar-refractivity contribution in [2.45, 2.75) is 50.8 Å². The van der Waals surface area contributed by atoms with Crippen LogP contribution in [0.4, 0.5) is 13.2 Å². The third kappa shape index (κ3) is 4.66. The van der Waals surface area contributed by atoms with Crippen molar-refractivity contribution in [2.24, 2.45) is 0 Å². The van der Waals surface area contributed by atoms with E-state index in [1.165, 1.54) is 13.2 Å². The lowest BCUT2D eigenvalue weighted by molar-refractivity contribution is -0.141. The summed E-state index contributed by atoms with van der Waals surface area (Å²) in [5, 5.41) is 0. The summed E-state index contributed by atoms with van der Waals surface area (Å²) in [5.74, 6) is 0.885. The molecule has 0 amide bonds. The lowest BCUT2D eigenvalue weighted by Gasteiger charge is -2.20. The summed E-state index contributed by atoms with van der Waals surface area (Å²) >= 11 is 0. The molecule has 0 spiro atoms. The average molecular weight is 497 g/mol. The molecular weight excluding hydrogens is 469 g/mol. The van der Waals surface area contributed by atoms with Crippen molar-refractivity contribution in [1.29, 1.82) is 0 Å². The maximum absolute atomic E-state index is 14.0. The molecule has 36 heavy (non-hydrogen) atoms. The Morgan fingerprint density at radius 2 is 1.86 bits per heavy atom. The standard InChI is InChI=1S/C29H27F3O4/c1-17-5-3-4-6-18(17)13-24-22-10-12-26(23(22)9-11-25(24)29(30,31)32)36-20-7-8-21-19(14-28(33)34-2)16-35-27(21)15-20/h3-9,11,15,19,26H,10,12-14,16H2,1-2H3/t19-,26-/m1/s1. The summed E-state index contributed by atoms with van der Waals surface area (Å²) in [6.07, 6.45) is -3.18. The van der Waals surface area contributed by atoms with Crippen LogP contribution in [0.5, 0.6) is 11.5 Å². The molecule has 3 aromatic rings. The van der Waals surface area contributed by atoms with Gasteiger partial charge < -0.3 is 14.2 Å². The molecule has 2 aliphatic rings. The SMILES string of the molecule is COC(=O)C[C@@H]1COc2cc(O[C@@H]3CCc4c3ccc(C(F)(F)F)c4Cc3ccccc3C)ccc21. The van der Waals surface area contributed by atoms with Crippen molar-refractivity contribution >= 4 is 5.97 Å². The highest BCUT2D eigenvalue weighted by Gasteiger charge is 2.37. The van der Waals surface area contributed by atoms with Gasteiger partial charge in [0, 0.05) is 17.5 Å². The highest BCUT2D eigenvalue weighted by Crippen LogP contribution is 2.44. The number of alkyl halides is 3. The summed E-state index contributed by atoms with van der Waals surface area (Å²) in [4.78, 5) is 11.7. The number of ether oxygens (including phenoxy) is 3. The number of rotatable bonds is 6. The monoisotopic (exact) mass is 496 g/mol. The molecule has 2 atom stereocenters. The molecule has 188 valence electrons. The van der Waals surface area contributed by atoms with Gasteiger partial charge in [0.25, 0.3) is 0 Å². The first-order valence-electron chi connectivity index (χ1n) is 12.0. The molecule has 1 aliphatic heterocycles. The predicted molar refractivity (Wildman–Crippen MR) is 128 cm³/mol. The van der Waals surface area contributed by atoms with Crippen LogP contribution in [-0.2, 0) is 28.5 Å². The Morgan fingerprint density at radius 1 is 1.08 bits per heavy atom. The van der Waals surface area contributed by atoms with Gasteiger partial charge >= 0.3 is 12.1 Å². The summed E-state index contributed by atoms with van der Waals surface area (Å²) in [5.41, 5.74) is 4.08. The normalized spacial score (nSPS) is 18.4. The van der Waals surface area contributed by atoms with Gasteiger partial charge in [0.05, 0.1) is 25.7 Å². The van der Waals surface area contributed by atoms with Gasteiger partial charge in [-0.2, -0.15) is 13.2 Å². The van der Waals surface area contributed by atoms with Gasteiger partial charge in [0.1, 0.15) is 17.6 Å². The second-order valence-electron chi connectivity index (χ2n) is 9.39. The molecule has 0 aromatic heterocycles. The number of methoxy groups -OCH3 is 1. The number of halogens is 3. The Kier molecular flexibility index (Phi) is 6.41. The van der Waals surface area contributed by atoms with Gasteiger partial charge in [-0.05, 0) is 66.1 Å². The van der Waals surface area contributed by atoms with Gasteiger partial charge in [0.15, 0.2) is 0 Å². The summed E-state index contributed by atoms with van der Waals surface area (Å²) in [7, 11) is 1.36. The number of esters is 1. The molecule has 0 fully saturated rings. The van der Waals surface area contributed by atoms with E-state index in [1.54, 1.807) is 12.1 Å². The largest absolute Gasteiger partial charge is 0.492 e. The second kappa shape index (κ2) is 9.52. The first kappa shape index (κ1) is 24.2. The van der Waals surface area contributed by atoms with Crippen LogP contribution in [0.25, 0.3) is 0 Å². The molecule has 5 rings (SSSR count). The van der Waals surface area contributed by atoms with Crippen LogP contribution in [0.15, 0.2) is 54.6 Å². The van der Waals surface area contributed by atoms with Crippen LogP contribution in [-0.4, -0.2) is 19.7 Å². The smallest absolute Gasteiger partial charge is 0.416 e. The predicted octanol–water partition coefficient (Wildman–Crippen LogP) is 6.71. The second-order valence-corrected chi connectivity index (χ2v) is 9.39. The van der Waals surface area contributed by atoms with Crippen LogP contribution in [0.3, 0.4) is 0 Å². The minimum absolute atomic E-state index is 0.0708. The van der Waals surface area contributed by atoms with Crippen molar-refractivity contribution in [3.05, 3.63) is 93.5 Å². The summed E-state index contributed by atoms with van der Waals surface area (Å²) < 4.78 is 58.7. The molecule has 0 bridgehead atoms. The zero-order valence-electron chi connectivity index (χ0n) is 20.2. The molecule has 1 aliphatic carbocycles. The maximum Gasteiger partial charge on any atom is 0.416 e. The van der Waals surface area contributed by atoms with E-state index in [1.807, 2.05) is 43.3 Å². The van der Waals surface area contributed by atoms with E-state index in [0.717, 1.165) is 27.8 Å². The zero-order valence-corrected chi connectivity index (χ0v) is 20.2. The van der Waals surface area contributed by atoms with Crippen molar-refractivity contribution in [2.75, 3.05) is 13.7 Å². The fourth-order valence-corrected chi connectivity index (χ4v) is 5.28. The third-order valence-electron chi connectivity index (χ3n) is 7.19. The molecule has 3 aromatic carbocycles. The fraction of sp³-hybridized carbons (Fsp3) is 0.345. The third-order valence-corrected chi connectivity index (χ3v) is 7.19. The fourth-order valence-electron chi connectivity index (χ4n) is 5.28. The number of fused-ring (bicyclic) bond motifs is 2. The first-order valence-corrected chi connectivity index (χ1v) is 12.0. The van der Waals surface area contributed by atoms with E-state index < -0.39 is 11.7 Å². The lowest BCUT2D eigenvalue weighted by atomic mass is 9.90. The Bertz CT molecular complexity index is 1300. The Balaban J connectivity index is 1.42. The van der Waals surface area contributed by atoms with E-state index in [4.69, 9.17) is 14.2 Å². The highest BCUT2D eigenvalue weighted by atomic mass is 19.4. The van der Waals surface area contributed by atoms with Crippen LogP contribution in [0.2, 0.25) is 0 Å². The van der Waals surface area contributed by atoms with E-state index in [2.05, 4.69) is 0 Å². The number of hydrogen-bond donors (Lipinski definition) is 0. The quantitative estimate of drug-likeness (QED) is 0.356. The Morgan fingerprint density at radius 3 is 2.61 bits per heavy atom. The van der Waals surface area contributed by atoms with E-state index in [0.29, 0.717) is 36.5 Å². The number of aryl methyl sites for hydroxylation is 1.